The van der Waals surface area contributed by atoms with Gasteiger partial charge in [-0.25, -0.2) is 4.79 Å². The van der Waals surface area contributed by atoms with E-state index in [2.05, 4.69) is 28.8 Å². The standard InChI is InChI=1S/C22H24N2O3/c1-2-26-19-10-12-20(13-11-19)27-15-14-23-22(25)24-16-18-8-5-7-17-6-3-4-9-21(17)18/h3-13H,2,14-16H2,1H3,(H2,23,24,25). The smallest absolute Gasteiger partial charge is 0.315 e. The number of amides is 2. The molecule has 3 aromatic rings. The molecule has 0 aromatic heterocycles. The van der Waals surface area contributed by atoms with E-state index in [1.807, 2.05) is 55.5 Å². The van der Waals surface area contributed by atoms with Crippen LogP contribution in [0.4, 0.5) is 4.79 Å². The second-order valence-electron chi connectivity index (χ2n) is 6.00. The van der Waals surface area contributed by atoms with Crippen LogP contribution >= 0.6 is 0 Å². The first kappa shape index (κ1) is 18.6. The third-order valence-corrected chi connectivity index (χ3v) is 4.11. The third kappa shape index (κ3) is 5.38. The van der Waals surface area contributed by atoms with Gasteiger partial charge in [0.2, 0.25) is 0 Å². The average Bonchev–Trinajstić information content (AvgIpc) is 2.71. The molecule has 0 saturated heterocycles. The minimum absolute atomic E-state index is 0.210. The lowest BCUT2D eigenvalue weighted by Crippen LogP contribution is -2.37. The van der Waals surface area contributed by atoms with E-state index in [9.17, 15) is 4.79 Å². The lowest BCUT2D eigenvalue weighted by Gasteiger charge is -2.11. The van der Waals surface area contributed by atoms with Gasteiger partial charge in [0, 0.05) is 6.54 Å². The second kappa shape index (κ2) is 9.48. The highest BCUT2D eigenvalue weighted by Crippen LogP contribution is 2.18. The molecule has 0 unspecified atom stereocenters. The van der Waals surface area contributed by atoms with Crippen molar-refractivity contribution in [3.8, 4) is 11.5 Å². The Bertz CT molecular complexity index is 873. The predicted molar refractivity (Wildman–Crippen MR) is 107 cm³/mol. The fourth-order valence-electron chi connectivity index (χ4n) is 2.82. The van der Waals surface area contributed by atoms with Gasteiger partial charge in [0.05, 0.1) is 13.2 Å². The van der Waals surface area contributed by atoms with E-state index >= 15 is 0 Å². The molecule has 0 spiro atoms. The summed E-state index contributed by atoms with van der Waals surface area (Å²) in [7, 11) is 0. The van der Waals surface area contributed by atoms with Crippen molar-refractivity contribution in [2.24, 2.45) is 0 Å². The summed E-state index contributed by atoms with van der Waals surface area (Å²) in [5.74, 6) is 1.56. The summed E-state index contributed by atoms with van der Waals surface area (Å²) in [5.41, 5.74) is 1.09. The minimum Gasteiger partial charge on any atom is -0.494 e. The average molecular weight is 364 g/mol. The molecule has 140 valence electrons. The molecule has 5 nitrogen and oxygen atoms in total. The van der Waals surface area contributed by atoms with Crippen LogP contribution in [0.2, 0.25) is 0 Å². The van der Waals surface area contributed by atoms with E-state index < -0.39 is 0 Å². The third-order valence-electron chi connectivity index (χ3n) is 4.11. The number of rotatable bonds is 8. The van der Waals surface area contributed by atoms with Crippen molar-refractivity contribution in [2.75, 3.05) is 19.8 Å². The van der Waals surface area contributed by atoms with Gasteiger partial charge in [-0.2, -0.15) is 0 Å². The van der Waals surface area contributed by atoms with Crippen molar-refractivity contribution < 1.29 is 14.3 Å². The fraction of sp³-hybridized carbons (Fsp3) is 0.227. The van der Waals surface area contributed by atoms with Gasteiger partial charge in [-0.3, -0.25) is 0 Å². The van der Waals surface area contributed by atoms with E-state index in [1.54, 1.807) is 0 Å². The zero-order valence-corrected chi connectivity index (χ0v) is 15.4. The van der Waals surface area contributed by atoms with Gasteiger partial charge in [-0.1, -0.05) is 42.5 Å². The van der Waals surface area contributed by atoms with Crippen LogP contribution in [-0.4, -0.2) is 25.8 Å². The number of urea groups is 1. The van der Waals surface area contributed by atoms with Crippen LogP contribution in [0.1, 0.15) is 12.5 Å². The Morgan fingerprint density at radius 1 is 0.852 bits per heavy atom. The van der Waals surface area contributed by atoms with E-state index in [-0.39, 0.29) is 6.03 Å². The maximum atomic E-state index is 12.0. The first-order chi connectivity index (χ1) is 13.3. The lowest BCUT2D eigenvalue weighted by molar-refractivity contribution is 0.236. The quantitative estimate of drug-likeness (QED) is 0.591. The van der Waals surface area contributed by atoms with Crippen LogP contribution in [-0.2, 0) is 6.54 Å². The van der Waals surface area contributed by atoms with Crippen LogP contribution in [0.15, 0.2) is 66.7 Å². The Balaban J connectivity index is 1.39. The summed E-state index contributed by atoms with van der Waals surface area (Å²) in [4.78, 5) is 12.0. The highest BCUT2D eigenvalue weighted by atomic mass is 16.5. The molecule has 0 aliphatic rings. The Labute approximate surface area is 159 Å². The number of nitrogens with one attached hydrogen (secondary N) is 2. The van der Waals surface area contributed by atoms with Gasteiger partial charge in [-0.05, 0) is 47.5 Å². The topological polar surface area (TPSA) is 59.6 Å². The molecule has 0 aliphatic carbocycles. The van der Waals surface area contributed by atoms with Crippen molar-refractivity contribution in [2.45, 2.75) is 13.5 Å². The maximum Gasteiger partial charge on any atom is 0.315 e. The van der Waals surface area contributed by atoms with Gasteiger partial charge in [0.25, 0.3) is 0 Å². The summed E-state index contributed by atoms with van der Waals surface area (Å²) < 4.78 is 11.0. The molecule has 0 radical (unpaired) electrons. The van der Waals surface area contributed by atoms with E-state index in [0.29, 0.717) is 26.3 Å². The van der Waals surface area contributed by atoms with Crippen LogP contribution in [0, 0.1) is 0 Å². The number of hydrogen-bond donors (Lipinski definition) is 2. The zero-order valence-electron chi connectivity index (χ0n) is 15.4. The summed E-state index contributed by atoms with van der Waals surface area (Å²) in [6.07, 6.45) is 0. The molecule has 3 rings (SSSR count). The molecular formula is C22H24N2O3. The molecule has 0 aliphatic heterocycles. The fourth-order valence-corrected chi connectivity index (χ4v) is 2.82. The molecule has 0 fully saturated rings. The molecule has 2 N–H and O–H groups in total. The van der Waals surface area contributed by atoms with E-state index in [4.69, 9.17) is 9.47 Å². The zero-order chi connectivity index (χ0) is 18.9. The first-order valence-corrected chi connectivity index (χ1v) is 9.10. The van der Waals surface area contributed by atoms with Gasteiger partial charge in [-0.15, -0.1) is 0 Å². The van der Waals surface area contributed by atoms with Crippen LogP contribution < -0.4 is 20.1 Å². The number of hydrogen-bond acceptors (Lipinski definition) is 3. The minimum atomic E-state index is -0.210. The molecule has 5 heteroatoms. The highest BCUT2D eigenvalue weighted by Gasteiger charge is 2.03. The van der Waals surface area contributed by atoms with Crippen molar-refractivity contribution in [1.82, 2.24) is 10.6 Å². The first-order valence-electron chi connectivity index (χ1n) is 9.10. The number of benzene rings is 3. The molecular weight excluding hydrogens is 340 g/mol. The number of fused-ring (bicyclic) bond motifs is 1. The van der Waals surface area contributed by atoms with Gasteiger partial charge < -0.3 is 20.1 Å². The Morgan fingerprint density at radius 2 is 1.56 bits per heavy atom. The molecule has 0 saturated carbocycles. The predicted octanol–water partition coefficient (Wildman–Crippen LogP) is 4.12. The molecule has 27 heavy (non-hydrogen) atoms. The summed E-state index contributed by atoms with van der Waals surface area (Å²) >= 11 is 0. The second-order valence-corrected chi connectivity index (χ2v) is 6.00. The van der Waals surface area contributed by atoms with Gasteiger partial charge in [0.1, 0.15) is 18.1 Å². The van der Waals surface area contributed by atoms with Gasteiger partial charge in [0.15, 0.2) is 0 Å². The van der Waals surface area contributed by atoms with Crippen molar-refractivity contribution in [3.05, 3.63) is 72.3 Å². The number of carbonyl (C=O) groups is 1. The molecule has 0 bridgehead atoms. The monoisotopic (exact) mass is 364 g/mol. The number of carbonyl (C=O) groups excluding carboxylic acids is 1. The summed E-state index contributed by atoms with van der Waals surface area (Å²) in [6, 6.07) is 21.5. The van der Waals surface area contributed by atoms with E-state index in [0.717, 1.165) is 22.4 Å². The molecule has 3 aromatic carbocycles. The van der Waals surface area contributed by atoms with Crippen LogP contribution in [0.25, 0.3) is 10.8 Å². The molecule has 0 atom stereocenters. The van der Waals surface area contributed by atoms with Crippen molar-refractivity contribution in [3.63, 3.8) is 0 Å². The van der Waals surface area contributed by atoms with Crippen LogP contribution in [0.5, 0.6) is 11.5 Å². The van der Waals surface area contributed by atoms with Crippen molar-refractivity contribution in [1.29, 1.82) is 0 Å². The number of ether oxygens (including phenoxy) is 2. The Hall–Kier alpha value is -3.21. The maximum absolute atomic E-state index is 12.0. The normalized spacial score (nSPS) is 10.4. The molecule has 2 amide bonds. The Kier molecular flexibility index (Phi) is 6.52. The van der Waals surface area contributed by atoms with Crippen LogP contribution in [0.3, 0.4) is 0 Å². The highest BCUT2D eigenvalue weighted by molar-refractivity contribution is 5.86. The largest absolute Gasteiger partial charge is 0.494 e. The van der Waals surface area contributed by atoms with Gasteiger partial charge >= 0.3 is 6.03 Å². The lowest BCUT2D eigenvalue weighted by atomic mass is 10.0. The molecule has 0 heterocycles. The van der Waals surface area contributed by atoms with E-state index in [1.165, 1.54) is 5.39 Å². The Morgan fingerprint density at radius 3 is 2.33 bits per heavy atom. The van der Waals surface area contributed by atoms with Crippen molar-refractivity contribution >= 4 is 16.8 Å². The summed E-state index contributed by atoms with van der Waals surface area (Å²) in [5, 5.41) is 8.01. The SMILES string of the molecule is CCOc1ccc(OCCNC(=O)NCc2cccc3ccccc23)cc1. The summed E-state index contributed by atoms with van der Waals surface area (Å²) in [6.45, 7) is 3.89.